The molecular weight excluding hydrogens is 243 g/mol. The van der Waals surface area contributed by atoms with E-state index in [0.717, 1.165) is 0 Å². The van der Waals surface area contributed by atoms with Crippen LogP contribution in [-0.2, 0) is 4.79 Å². The molecular formula is C10H9ClF3NO. The minimum absolute atomic E-state index is 0.0199. The van der Waals surface area contributed by atoms with Crippen LogP contribution in [0.15, 0.2) is 30.3 Å². The topological polar surface area (TPSA) is 29.1 Å². The van der Waals surface area contributed by atoms with Gasteiger partial charge in [0.2, 0.25) is 5.91 Å². The van der Waals surface area contributed by atoms with Crippen molar-refractivity contribution in [3.05, 3.63) is 35.9 Å². The molecule has 1 rings (SSSR count). The summed E-state index contributed by atoms with van der Waals surface area (Å²) in [4.78, 5) is 10.9. The van der Waals surface area contributed by atoms with Crippen LogP contribution in [0.4, 0.5) is 13.2 Å². The molecule has 0 saturated carbocycles. The molecule has 1 aromatic carbocycles. The molecule has 88 valence electrons. The third-order valence-corrected chi connectivity index (χ3v) is 2.13. The van der Waals surface area contributed by atoms with Crippen LogP contribution in [0.25, 0.3) is 0 Å². The molecule has 0 aliphatic carbocycles. The molecule has 0 aliphatic heterocycles. The quantitative estimate of drug-likeness (QED) is 0.822. The Bertz CT molecular complexity index is 353. The fourth-order valence-corrected chi connectivity index (χ4v) is 1.28. The zero-order chi connectivity index (χ0) is 12.2. The van der Waals surface area contributed by atoms with E-state index in [1.807, 2.05) is 5.32 Å². The predicted molar refractivity (Wildman–Crippen MR) is 54.1 cm³/mol. The highest BCUT2D eigenvalue weighted by Crippen LogP contribution is 2.32. The summed E-state index contributed by atoms with van der Waals surface area (Å²) in [6.45, 7) is 0. The lowest BCUT2D eigenvalue weighted by Gasteiger charge is -2.21. The summed E-state index contributed by atoms with van der Waals surface area (Å²) in [5.74, 6) is -1.35. The SMILES string of the molecule is O=C(CCl)N[C@@H](c1ccccc1)C(F)(F)F. The molecule has 0 aromatic heterocycles. The molecule has 0 saturated heterocycles. The van der Waals surface area contributed by atoms with E-state index in [0.29, 0.717) is 0 Å². The van der Waals surface area contributed by atoms with E-state index in [1.54, 1.807) is 6.07 Å². The number of alkyl halides is 4. The lowest BCUT2D eigenvalue weighted by molar-refractivity contribution is -0.162. The van der Waals surface area contributed by atoms with Crippen molar-refractivity contribution in [2.24, 2.45) is 0 Å². The van der Waals surface area contributed by atoms with Gasteiger partial charge in [-0.05, 0) is 5.56 Å². The molecule has 1 atom stereocenters. The highest BCUT2D eigenvalue weighted by atomic mass is 35.5. The van der Waals surface area contributed by atoms with Gasteiger partial charge in [-0.1, -0.05) is 30.3 Å². The fraction of sp³-hybridized carbons (Fsp3) is 0.300. The number of hydrogen-bond donors (Lipinski definition) is 1. The standard InChI is InChI=1S/C10H9ClF3NO/c11-6-8(16)15-9(10(12,13)14)7-4-2-1-3-5-7/h1-5,9H,6H2,(H,15,16)/t9-/m0/s1. The number of halogens is 4. The molecule has 6 heteroatoms. The van der Waals surface area contributed by atoms with Gasteiger partial charge in [0.15, 0.2) is 6.04 Å². The fourth-order valence-electron chi connectivity index (χ4n) is 1.20. The van der Waals surface area contributed by atoms with Gasteiger partial charge in [-0.3, -0.25) is 4.79 Å². The maximum absolute atomic E-state index is 12.6. The molecule has 16 heavy (non-hydrogen) atoms. The number of hydrogen-bond acceptors (Lipinski definition) is 1. The first-order chi connectivity index (χ1) is 7.45. The minimum Gasteiger partial charge on any atom is -0.340 e. The highest BCUT2D eigenvalue weighted by molar-refractivity contribution is 6.27. The van der Waals surface area contributed by atoms with E-state index in [-0.39, 0.29) is 5.56 Å². The molecule has 1 amide bonds. The summed E-state index contributed by atoms with van der Waals surface area (Å²) in [6, 6.07) is 5.13. The Balaban J connectivity index is 2.93. The van der Waals surface area contributed by atoms with Crippen molar-refractivity contribution in [3.63, 3.8) is 0 Å². The van der Waals surface area contributed by atoms with Crippen LogP contribution in [0.5, 0.6) is 0 Å². The van der Waals surface area contributed by atoms with Crippen LogP contribution in [-0.4, -0.2) is 18.0 Å². The first kappa shape index (κ1) is 12.8. The summed E-state index contributed by atoms with van der Waals surface area (Å²) in [7, 11) is 0. The molecule has 0 aliphatic rings. The molecule has 0 unspecified atom stereocenters. The van der Waals surface area contributed by atoms with Crippen molar-refractivity contribution >= 4 is 17.5 Å². The summed E-state index contributed by atoms with van der Waals surface area (Å²) in [5.41, 5.74) is -0.0199. The largest absolute Gasteiger partial charge is 0.412 e. The Kier molecular flexibility index (Phi) is 4.18. The molecule has 0 fully saturated rings. The Labute approximate surface area is 95.4 Å². The van der Waals surface area contributed by atoms with Crippen molar-refractivity contribution in [1.29, 1.82) is 0 Å². The smallest absolute Gasteiger partial charge is 0.340 e. The summed E-state index contributed by atoms with van der Waals surface area (Å²) in [5, 5.41) is 1.83. The normalized spacial score (nSPS) is 13.2. The second-order valence-corrected chi connectivity index (χ2v) is 3.35. The molecule has 0 spiro atoms. The monoisotopic (exact) mass is 251 g/mol. The van der Waals surface area contributed by atoms with Gasteiger partial charge < -0.3 is 5.32 Å². The van der Waals surface area contributed by atoms with Gasteiger partial charge >= 0.3 is 6.18 Å². The van der Waals surface area contributed by atoms with E-state index < -0.39 is 24.0 Å². The third-order valence-electron chi connectivity index (χ3n) is 1.89. The average Bonchev–Trinajstić information content (AvgIpc) is 2.25. The van der Waals surface area contributed by atoms with E-state index in [2.05, 4.69) is 0 Å². The summed E-state index contributed by atoms with van der Waals surface area (Å²) >= 11 is 5.15. The van der Waals surface area contributed by atoms with E-state index in [4.69, 9.17) is 11.6 Å². The lowest BCUT2D eigenvalue weighted by Crippen LogP contribution is -2.38. The van der Waals surface area contributed by atoms with Crippen LogP contribution < -0.4 is 5.32 Å². The van der Waals surface area contributed by atoms with Crippen molar-refractivity contribution in [2.45, 2.75) is 12.2 Å². The van der Waals surface area contributed by atoms with Gasteiger partial charge in [0.1, 0.15) is 5.88 Å². The van der Waals surface area contributed by atoms with Crippen molar-refractivity contribution < 1.29 is 18.0 Å². The average molecular weight is 252 g/mol. The second kappa shape index (κ2) is 5.21. The first-order valence-corrected chi connectivity index (χ1v) is 4.95. The van der Waals surface area contributed by atoms with Crippen molar-refractivity contribution in [3.8, 4) is 0 Å². The minimum atomic E-state index is -4.54. The van der Waals surface area contributed by atoms with Crippen LogP contribution >= 0.6 is 11.6 Å². The Morgan fingerprint density at radius 3 is 2.31 bits per heavy atom. The highest BCUT2D eigenvalue weighted by Gasteiger charge is 2.41. The van der Waals surface area contributed by atoms with Gasteiger partial charge in [0.05, 0.1) is 0 Å². The lowest BCUT2D eigenvalue weighted by atomic mass is 10.1. The van der Waals surface area contributed by atoms with Crippen LogP contribution in [0, 0.1) is 0 Å². The summed E-state index contributed by atoms with van der Waals surface area (Å²) < 4.78 is 37.9. The molecule has 0 bridgehead atoms. The van der Waals surface area contributed by atoms with Gasteiger partial charge in [0.25, 0.3) is 0 Å². The zero-order valence-corrected chi connectivity index (χ0v) is 8.85. The van der Waals surface area contributed by atoms with Gasteiger partial charge in [-0.15, -0.1) is 11.6 Å². The molecule has 0 radical (unpaired) electrons. The number of amides is 1. The predicted octanol–water partition coefficient (Wildman–Crippen LogP) is 2.65. The third kappa shape index (κ3) is 3.41. The number of carbonyl (C=O) groups is 1. The first-order valence-electron chi connectivity index (χ1n) is 4.42. The molecule has 2 nitrogen and oxygen atoms in total. The number of carbonyl (C=O) groups excluding carboxylic acids is 1. The van der Waals surface area contributed by atoms with E-state index in [9.17, 15) is 18.0 Å². The van der Waals surface area contributed by atoms with Gasteiger partial charge in [0, 0.05) is 0 Å². The van der Waals surface area contributed by atoms with Crippen LogP contribution in [0.3, 0.4) is 0 Å². The zero-order valence-electron chi connectivity index (χ0n) is 8.09. The Morgan fingerprint density at radius 1 is 1.31 bits per heavy atom. The molecule has 1 N–H and O–H groups in total. The number of benzene rings is 1. The molecule has 0 heterocycles. The van der Waals surface area contributed by atoms with Gasteiger partial charge in [-0.25, -0.2) is 0 Å². The van der Waals surface area contributed by atoms with E-state index >= 15 is 0 Å². The second-order valence-electron chi connectivity index (χ2n) is 3.09. The number of rotatable bonds is 3. The van der Waals surface area contributed by atoms with Crippen LogP contribution in [0.2, 0.25) is 0 Å². The van der Waals surface area contributed by atoms with Crippen molar-refractivity contribution in [2.75, 3.05) is 5.88 Å². The van der Waals surface area contributed by atoms with Gasteiger partial charge in [-0.2, -0.15) is 13.2 Å². The maximum Gasteiger partial charge on any atom is 0.412 e. The molecule has 1 aromatic rings. The summed E-state index contributed by atoms with van der Waals surface area (Å²) in [6.07, 6.45) is -4.54. The van der Waals surface area contributed by atoms with Crippen LogP contribution in [0.1, 0.15) is 11.6 Å². The van der Waals surface area contributed by atoms with Crippen molar-refractivity contribution in [1.82, 2.24) is 5.32 Å². The Morgan fingerprint density at radius 2 is 1.88 bits per heavy atom. The Hall–Kier alpha value is -1.23. The number of nitrogens with one attached hydrogen (secondary N) is 1. The maximum atomic E-state index is 12.6. The van der Waals surface area contributed by atoms with E-state index in [1.165, 1.54) is 24.3 Å².